The summed E-state index contributed by atoms with van der Waals surface area (Å²) in [5, 5.41) is 3.24. The molecule has 1 N–H and O–H groups in total. The van der Waals surface area contributed by atoms with Gasteiger partial charge in [0.15, 0.2) is 0 Å². The molecule has 0 radical (unpaired) electrons. The number of ether oxygens (including phenoxy) is 1. The number of benzene rings is 2. The van der Waals surface area contributed by atoms with E-state index in [2.05, 4.69) is 5.32 Å². The summed E-state index contributed by atoms with van der Waals surface area (Å²) in [4.78, 5) is 12.5. The number of rotatable bonds is 7. The lowest BCUT2D eigenvalue weighted by Crippen LogP contribution is -2.47. The second kappa shape index (κ2) is 8.42. The van der Waals surface area contributed by atoms with E-state index in [-0.39, 0.29) is 6.54 Å². The van der Waals surface area contributed by atoms with Gasteiger partial charge in [0.1, 0.15) is 11.8 Å². The van der Waals surface area contributed by atoms with E-state index in [1.807, 2.05) is 12.1 Å². The van der Waals surface area contributed by atoms with Crippen LogP contribution in [0, 0.1) is 0 Å². The first-order chi connectivity index (χ1) is 12.2. The van der Waals surface area contributed by atoms with Gasteiger partial charge in [-0.2, -0.15) is 0 Å². The van der Waals surface area contributed by atoms with E-state index in [0.717, 1.165) is 21.9 Å². The van der Waals surface area contributed by atoms with Crippen LogP contribution in [0.3, 0.4) is 0 Å². The van der Waals surface area contributed by atoms with Crippen LogP contribution in [0.1, 0.15) is 12.5 Å². The lowest BCUT2D eigenvalue weighted by Gasteiger charge is -2.28. The summed E-state index contributed by atoms with van der Waals surface area (Å²) in [6.07, 6.45) is 1.06. The Morgan fingerprint density at radius 2 is 1.73 bits per heavy atom. The van der Waals surface area contributed by atoms with Crippen molar-refractivity contribution in [2.45, 2.75) is 19.5 Å². The Morgan fingerprint density at radius 1 is 1.15 bits per heavy atom. The average molecular weight is 397 g/mol. The third kappa shape index (κ3) is 5.12. The van der Waals surface area contributed by atoms with Crippen LogP contribution in [-0.4, -0.2) is 33.7 Å². The van der Waals surface area contributed by atoms with E-state index in [4.69, 9.17) is 16.3 Å². The normalized spacial score (nSPS) is 12.3. The number of anilines is 1. The Balaban J connectivity index is 2.12. The first-order valence-electron chi connectivity index (χ1n) is 7.88. The molecule has 0 saturated carbocycles. The number of carbonyl (C=O) groups is 1. The Labute approximate surface area is 158 Å². The van der Waals surface area contributed by atoms with Gasteiger partial charge in [0, 0.05) is 11.6 Å². The summed E-state index contributed by atoms with van der Waals surface area (Å²) in [5.41, 5.74) is 1.26. The molecule has 1 atom stereocenters. The lowest BCUT2D eigenvalue weighted by molar-refractivity contribution is -0.122. The predicted octanol–water partition coefficient (Wildman–Crippen LogP) is 2.82. The van der Waals surface area contributed by atoms with E-state index >= 15 is 0 Å². The molecule has 1 amide bonds. The molecule has 0 aromatic heterocycles. The molecule has 2 rings (SSSR count). The molecule has 0 aliphatic rings. The number of amides is 1. The van der Waals surface area contributed by atoms with Crippen molar-refractivity contribution in [1.82, 2.24) is 5.32 Å². The van der Waals surface area contributed by atoms with Crippen LogP contribution in [0.15, 0.2) is 48.5 Å². The molecule has 0 spiro atoms. The first-order valence-corrected chi connectivity index (χ1v) is 10.1. The summed E-state index contributed by atoms with van der Waals surface area (Å²) in [7, 11) is -2.08. The Hall–Kier alpha value is -2.25. The molecule has 6 nitrogen and oxygen atoms in total. The van der Waals surface area contributed by atoms with Crippen LogP contribution in [0.5, 0.6) is 5.75 Å². The summed E-state index contributed by atoms with van der Waals surface area (Å²) < 4.78 is 30.6. The number of methoxy groups -OCH3 is 1. The smallest absolute Gasteiger partial charge is 0.243 e. The minimum atomic E-state index is -3.65. The zero-order valence-corrected chi connectivity index (χ0v) is 16.3. The van der Waals surface area contributed by atoms with E-state index in [1.54, 1.807) is 50.4 Å². The monoisotopic (exact) mass is 396 g/mol. The number of sulfonamides is 1. The highest BCUT2D eigenvalue weighted by molar-refractivity contribution is 7.92. The van der Waals surface area contributed by atoms with Crippen molar-refractivity contribution in [2.75, 3.05) is 17.7 Å². The second-order valence-electron chi connectivity index (χ2n) is 5.78. The molecule has 0 bridgehead atoms. The van der Waals surface area contributed by atoms with Gasteiger partial charge in [0.05, 0.1) is 19.1 Å². The van der Waals surface area contributed by atoms with Crippen molar-refractivity contribution >= 4 is 33.2 Å². The molecule has 0 aliphatic heterocycles. The van der Waals surface area contributed by atoms with E-state index in [1.165, 1.54) is 0 Å². The fraction of sp³-hybridized carbons (Fsp3) is 0.278. The molecule has 140 valence electrons. The van der Waals surface area contributed by atoms with Crippen molar-refractivity contribution < 1.29 is 17.9 Å². The zero-order chi connectivity index (χ0) is 19.3. The highest BCUT2D eigenvalue weighted by Gasteiger charge is 2.28. The topological polar surface area (TPSA) is 75.7 Å². The van der Waals surface area contributed by atoms with Gasteiger partial charge in [-0.1, -0.05) is 23.7 Å². The Bertz CT molecular complexity index is 852. The van der Waals surface area contributed by atoms with Gasteiger partial charge in [-0.05, 0) is 48.9 Å². The molecule has 26 heavy (non-hydrogen) atoms. The SMILES string of the molecule is COc1ccc(CNC(=O)[C@@H](C)N(c2ccc(Cl)cc2)S(C)(=O)=O)cc1. The maximum atomic E-state index is 12.5. The molecular weight excluding hydrogens is 376 g/mol. The standard InChI is InChI=1S/C18H21ClN2O4S/c1-13(18(22)20-12-14-4-10-17(25-2)11-5-14)21(26(3,23)24)16-8-6-15(19)7-9-16/h4-11,13H,12H2,1-3H3,(H,20,22)/t13-/m1/s1. The maximum absolute atomic E-state index is 12.5. The number of halogens is 1. The van der Waals surface area contributed by atoms with Gasteiger partial charge in [-0.25, -0.2) is 8.42 Å². The lowest BCUT2D eigenvalue weighted by atomic mass is 10.2. The summed E-state index contributed by atoms with van der Waals surface area (Å²) in [6.45, 7) is 1.82. The third-order valence-corrected chi connectivity index (χ3v) is 5.29. The van der Waals surface area contributed by atoms with E-state index in [9.17, 15) is 13.2 Å². The molecule has 0 fully saturated rings. The maximum Gasteiger partial charge on any atom is 0.243 e. The fourth-order valence-corrected chi connectivity index (χ4v) is 3.78. The second-order valence-corrected chi connectivity index (χ2v) is 8.07. The molecule has 0 unspecified atom stereocenters. The molecule has 2 aromatic rings. The van der Waals surface area contributed by atoms with Crippen LogP contribution in [0.25, 0.3) is 0 Å². The molecule has 0 saturated heterocycles. The fourth-order valence-electron chi connectivity index (χ4n) is 2.48. The number of nitrogens with zero attached hydrogens (tertiary/aromatic N) is 1. The minimum absolute atomic E-state index is 0.283. The third-order valence-electron chi connectivity index (χ3n) is 3.80. The number of hydrogen-bond donors (Lipinski definition) is 1. The minimum Gasteiger partial charge on any atom is -0.497 e. The van der Waals surface area contributed by atoms with Gasteiger partial charge in [0.25, 0.3) is 0 Å². The summed E-state index contributed by atoms with van der Waals surface area (Å²) >= 11 is 5.86. The number of carbonyl (C=O) groups excluding carboxylic acids is 1. The molecule has 0 aliphatic carbocycles. The molecular formula is C18H21ClN2O4S. The van der Waals surface area contributed by atoms with Crippen molar-refractivity contribution in [3.05, 3.63) is 59.1 Å². The quantitative estimate of drug-likeness (QED) is 0.780. The number of hydrogen-bond acceptors (Lipinski definition) is 4. The molecule has 8 heteroatoms. The van der Waals surface area contributed by atoms with Gasteiger partial charge in [0.2, 0.25) is 15.9 Å². The van der Waals surface area contributed by atoms with Crippen LogP contribution in [-0.2, 0) is 21.4 Å². The zero-order valence-electron chi connectivity index (χ0n) is 14.8. The van der Waals surface area contributed by atoms with Crippen LogP contribution in [0.2, 0.25) is 5.02 Å². The van der Waals surface area contributed by atoms with Gasteiger partial charge >= 0.3 is 0 Å². The van der Waals surface area contributed by atoms with E-state index in [0.29, 0.717) is 10.7 Å². The van der Waals surface area contributed by atoms with Gasteiger partial charge in [-0.15, -0.1) is 0 Å². The highest BCUT2D eigenvalue weighted by atomic mass is 35.5. The van der Waals surface area contributed by atoms with Crippen molar-refractivity contribution in [3.63, 3.8) is 0 Å². The summed E-state index contributed by atoms with van der Waals surface area (Å²) in [6, 6.07) is 12.6. The van der Waals surface area contributed by atoms with Crippen LogP contribution in [0.4, 0.5) is 5.69 Å². The van der Waals surface area contributed by atoms with Crippen molar-refractivity contribution in [2.24, 2.45) is 0 Å². The van der Waals surface area contributed by atoms with Crippen molar-refractivity contribution in [1.29, 1.82) is 0 Å². The van der Waals surface area contributed by atoms with Crippen molar-refractivity contribution in [3.8, 4) is 5.75 Å². The average Bonchev–Trinajstić information content (AvgIpc) is 2.60. The van der Waals surface area contributed by atoms with Gasteiger partial charge < -0.3 is 10.1 Å². The largest absolute Gasteiger partial charge is 0.497 e. The predicted molar refractivity (Wildman–Crippen MR) is 103 cm³/mol. The molecule has 2 aromatic carbocycles. The first kappa shape index (κ1) is 20.1. The van der Waals surface area contributed by atoms with Crippen LogP contribution >= 0.6 is 11.6 Å². The van der Waals surface area contributed by atoms with E-state index < -0.39 is 22.0 Å². The highest BCUT2D eigenvalue weighted by Crippen LogP contribution is 2.23. The Morgan fingerprint density at radius 3 is 2.23 bits per heavy atom. The molecule has 0 heterocycles. The van der Waals surface area contributed by atoms with Gasteiger partial charge in [-0.3, -0.25) is 9.10 Å². The van der Waals surface area contributed by atoms with Crippen LogP contribution < -0.4 is 14.4 Å². The number of nitrogens with one attached hydrogen (secondary N) is 1. The summed E-state index contributed by atoms with van der Waals surface area (Å²) in [5.74, 6) is 0.320. The Kier molecular flexibility index (Phi) is 6.50.